The lowest BCUT2D eigenvalue weighted by molar-refractivity contribution is -0.137. The van der Waals surface area contributed by atoms with Crippen LogP contribution in [0.5, 0.6) is 0 Å². The Balaban J connectivity index is 2.27. The summed E-state index contributed by atoms with van der Waals surface area (Å²) in [6.45, 7) is 1.73. The van der Waals surface area contributed by atoms with Crippen molar-refractivity contribution in [2.75, 3.05) is 6.54 Å². The highest BCUT2D eigenvalue weighted by Crippen LogP contribution is 2.29. The third-order valence-electron chi connectivity index (χ3n) is 2.98. The molecular weight excluding hydrogens is 345 g/mol. The largest absolute Gasteiger partial charge is 0.480 e. The number of carbonyl (C=O) groups excluding carboxylic acids is 1. The summed E-state index contributed by atoms with van der Waals surface area (Å²) in [5, 5.41) is 8.88. The van der Waals surface area contributed by atoms with E-state index in [0.29, 0.717) is 5.56 Å². The third-order valence-corrected chi connectivity index (χ3v) is 4.41. The average molecular weight is 359 g/mol. The van der Waals surface area contributed by atoms with E-state index >= 15 is 0 Å². The molecule has 96 valence electrons. The Labute approximate surface area is 119 Å². The molecular formula is C13H14INO3. The molecule has 2 rings (SSSR count). The highest BCUT2D eigenvalue weighted by Gasteiger charge is 2.34. The number of rotatable bonds is 4. The standard InChI is InChI=1S/C13H14INO3/c1-8-3-2-4-10(12(8)14)13(18)15(7-11(16)17)9-5-6-9/h2-4,9H,5-7H2,1H3,(H,16,17). The molecule has 1 fully saturated rings. The van der Waals surface area contributed by atoms with E-state index in [4.69, 9.17) is 5.11 Å². The first-order valence-corrected chi connectivity index (χ1v) is 6.86. The summed E-state index contributed by atoms with van der Waals surface area (Å²) in [6.07, 6.45) is 1.81. The Bertz CT molecular complexity index is 497. The zero-order valence-electron chi connectivity index (χ0n) is 10.0. The van der Waals surface area contributed by atoms with Crippen LogP contribution in [0, 0.1) is 10.5 Å². The van der Waals surface area contributed by atoms with E-state index in [0.717, 1.165) is 22.0 Å². The second-order valence-corrected chi connectivity index (χ2v) is 5.57. The summed E-state index contributed by atoms with van der Waals surface area (Å²) in [5.41, 5.74) is 1.64. The van der Waals surface area contributed by atoms with Gasteiger partial charge in [-0.15, -0.1) is 0 Å². The van der Waals surface area contributed by atoms with Gasteiger partial charge in [-0.1, -0.05) is 12.1 Å². The number of carbonyl (C=O) groups is 2. The molecule has 1 aromatic carbocycles. The monoisotopic (exact) mass is 359 g/mol. The Morgan fingerprint density at radius 2 is 2.11 bits per heavy atom. The Morgan fingerprint density at radius 1 is 1.44 bits per heavy atom. The number of amides is 1. The van der Waals surface area contributed by atoms with Gasteiger partial charge in [0.1, 0.15) is 6.54 Å². The second kappa shape index (κ2) is 5.26. The average Bonchev–Trinajstić information content (AvgIpc) is 3.12. The normalized spacial score (nSPS) is 14.3. The summed E-state index contributed by atoms with van der Waals surface area (Å²) in [5.74, 6) is -1.13. The molecule has 0 aliphatic heterocycles. The van der Waals surface area contributed by atoms with Crippen LogP contribution in [-0.4, -0.2) is 34.5 Å². The summed E-state index contributed by atoms with van der Waals surface area (Å²) in [4.78, 5) is 24.7. The molecule has 0 atom stereocenters. The molecule has 0 spiro atoms. The maximum absolute atomic E-state index is 12.4. The lowest BCUT2D eigenvalue weighted by Gasteiger charge is -2.21. The van der Waals surface area contributed by atoms with E-state index in [9.17, 15) is 9.59 Å². The quantitative estimate of drug-likeness (QED) is 0.840. The molecule has 0 aromatic heterocycles. The predicted molar refractivity (Wildman–Crippen MR) is 75.6 cm³/mol. The fourth-order valence-corrected chi connectivity index (χ4v) is 2.46. The number of hydrogen-bond acceptors (Lipinski definition) is 2. The van der Waals surface area contributed by atoms with Gasteiger partial charge < -0.3 is 10.0 Å². The van der Waals surface area contributed by atoms with Crippen molar-refractivity contribution >= 4 is 34.5 Å². The van der Waals surface area contributed by atoms with Gasteiger partial charge in [0, 0.05) is 9.61 Å². The van der Waals surface area contributed by atoms with Crippen LogP contribution in [0.25, 0.3) is 0 Å². The van der Waals surface area contributed by atoms with E-state index in [1.165, 1.54) is 4.90 Å². The molecule has 18 heavy (non-hydrogen) atoms. The first kappa shape index (κ1) is 13.3. The Kier molecular flexibility index (Phi) is 3.89. The zero-order valence-corrected chi connectivity index (χ0v) is 12.2. The smallest absolute Gasteiger partial charge is 0.323 e. The highest BCUT2D eigenvalue weighted by atomic mass is 127. The third kappa shape index (κ3) is 2.82. The number of carboxylic acids is 1. The first-order chi connectivity index (χ1) is 8.50. The molecule has 0 saturated heterocycles. The summed E-state index contributed by atoms with van der Waals surface area (Å²) >= 11 is 2.14. The lowest BCUT2D eigenvalue weighted by atomic mass is 10.1. The Hall–Kier alpha value is -1.11. The van der Waals surface area contributed by atoms with Crippen molar-refractivity contribution in [2.45, 2.75) is 25.8 Å². The minimum atomic E-state index is -0.960. The molecule has 5 heteroatoms. The fraction of sp³-hybridized carbons (Fsp3) is 0.385. The molecule has 1 saturated carbocycles. The van der Waals surface area contributed by atoms with Crippen molar-refractivity contribution in [3.05, 3.63) is 32.9 Å². The number of nitrogens with zero attached hydrogens (tertiary/aromatic N) is 1. The minimum Gasteiger partial charge on any atom is -0.480 e. The SMILES string of the molecule is Cc1cccc(C(=O)N(CC(=O)O)C2CC2)c1I. The van der Waals surface area contributed by atoms with Gasteiger partial charge in [-0.25, -0.2) is 0 Å². The van der Waals surface area contributed by atoms with Crippen molar-refractivity contribution in [3.8, 4) is 0 Å². The van der Waals surface area contributed by atoms with Crippen LogP contribution in [0.3, 0.4) is 0 Å². The molecule has 0 unspecified atom stereocenters. The van der Waals surface area contributed by atoms with Crippen molar-refractivity contribution in [1.29, 1.82) is 0 Å². The molecule has 0 radical (unpaired) electrons. The summed E-state index contributed by atoms with van der Waals surface area (Å²) in [6, 6.07) is 5.63. The second-order valence-electron chi connectivity index (χ2n) is 4.49. The molecule has 1 aliphatic rings. The number of aryl methyl sites for hydroxylation is 1. The van der Waals surface area contributed by atoms with Crippen molar-refractivity contribution in [1.82, 2.24) is 4.90 Å². The molecule has 0 heterocycles. The van der Waals surface area contributed by atoms with Gasteiger partial charge >= 0.3 is 5.97 Å². The van der Waals surface area contributed by atoms with Gasteiger partial charge in [0.2, 0.25) is 0 Å². The molecule has 1 aromatic rings. The predicted octanol–water partition coefficient (Wildman–Crippen LogP) is 2.29. The van der Waals surface area contributed by atoms with Crippen LogP contribution in [0.2, 0.25) is 0 Å². The van der Waals surface area contributed by atoms with Gasteiger partial charge in [-0.05, 0) is 54.0 Å². The van der Waals surface area contributed by atoms with Gasteiger partial charge in [0.25, 0.3) is 5.91 Å². The highest BCUT2D eigenvalue weighted by molar-refractivity contribution is 14.1. The van der Waals surface area contributed by atoms with Crippen molar-refractivity contribution in [3.63, 3.8) is 0 Å². The molecule has 1 amide bonds. The number of halogens is 1. The van der Waals surface area contributed by atoms with E-state index < -0.39 is 5.97 Å². The number of aliphatic carboxylic acids is 1. The maximum Gasteiger partial charge on any atom is 0.323 e. The van der Waals surface area contributed by atoms with Gasteiger partial charge in [0.05, 0.1) is 5.56 Å². The lowest BCUT2D eigenvalue weighted by Crippen LogP contribution is -2.37. The van der Waals surface area contributed by atoms with Crippen LogP contribution in [0.4, 0.5) is 0 Å². The van der Waals surface area contributed by atoms with E-state index in [-0.39, 0.29) is 18.5 Å². The zero-order chi connectivity index (χ0) is 13.3. The van der Waals surface area contributed by atoms with E-state index in [1.807, 2.05) is 19.1 Å². The molecule has 4 nitrogen and oxygen atoms in total. The maximum atomic E-state index is 12.4. The van der Waals surface area contributed by atoms with Gasteiger partial charge in [0.15, 0.2) is 0 Å². The minimum absolute atomic E-state index is 0.102. The van der Waals surface area contributed by atoms with Crippen LogP contribution in [0.15, 0.2) is 18.2 Å². The van der Waals surface area contributed by atoms with Crippen molar-refractivity contribution in [2.24, 2.45) is 0 Å². The molecule has 1 aliphatic carbocycles. The molecule has 0 bridgehead atoms. The van der Waals surface area contributed by atoms with Gasteiger partial charge in [-0.2, -0.15) is 0 Å². The van der Waals surface area contributed by atoms with Crippen LogP contribution in [0.1, 0.15) is 28.8 Å². The fourth-order valence-electron chi connectivity index (χ4n) is 1.87. The van der Waals surface area contributed by atoms with Crippen LogP contribution < -0.4 is 0 Å². The van der Waals surface area contributed by atoms with E-state index in [1.54, 1.807) is 6.07 Å². The van der Waals surface area contributed by atoms with Crippen LogP contribution >= 0.6 is 22.6 Å². The number of carboxylic acid groups (broad SMARTS) is 1. The number of hydrogen-bond donors (Lipinski definition) is 1. The summed E-state index contributed by atoms with van der Waals surface area (Å²) < 4.78 is 0.899. The molecule has 1 N–H and O–H groups in total. The van der Waals surface area contributed by atoms with E-state index in [2.05, 4.69) is 22.6 Å². The summed E-state index contributed by atoms with van der Waals surface area (Å²) in [7, 11) is 0. The first-order valence-electron chi connectivity index (χ1n) is 5.78. The van der Waals surface area contributed by atoms with Crippen LogP contribution in [-0.2, 0) is 4.79 Å². The number of benzene rings is 1. The van der Waals surface area contributed by atoms with Crippen molar-refractivity contribution < 1.29 is 14.7 Å². The Morgan fingerprint density at radius 3 is 2.67 bits per heavy atom. The topological polar surface area (TPSA) is 57.6 Å². The van der Waals surface area contributed by atoms with Gasteiger partial charge in [-0.3, -0.25) is 9.59 Å².